The predicted octanol–water partition coefficient (Wildman–Crippen LogP) is 2.79. The molecule has 0 heterocycles. The molecule has 1 aromatic carbocycles. The second-order valence-corrected chi connectivity index (χ2v) is 5.37. The van der Waals surface area contributed by atoms with E-state index in [2.05, 4.69) is 5.32 Å². The highest BCUT2D eigenvalue weighted by molar-refractivity contribution is 5.95. The lowest BCUT2D eigenvalue weighted by Gasteiger charge is -2.15. The first-order valence-corrected chi connectivity index (χ1v) is 6.47. The molecule has 0 aliphatic heterocycles. The quantitative estimate of drug-likeness (QED) is 0.844. The van der Waals surface area contributed by atoms with Crippen LogP contribution < -0.4 is 5.32 Å². The van der Waals surface area contributed by atoms with E-state index in [1.54, 1.807) is 0 Å². The molecule has 0 aromatic heterocycles. The zero-order chi connectivity index (χ0) is 15.7. The number of amides is 1. The van der Waals surface area contributed by atoms with Gasteiger partial charge in [0.15, 0.2) is 17.5 Å². The van der Waals surface area contributed by atoms with Gasteiger partial charge in [-0.05, 0) is 18.8 Å². The minimum Gasteiger partial charge on any atom is -0.481 e. The standard InChI is InChI=1S/C14H14F3NO3/c1-6-2-8(9(3-6)14(20)21)13(19)18-7-4-10(15)12(17)11(16)5-7/h4-6,8-9H,2-3H2,1H3,(H,18,19)(H,20,21). The largest absolute Gasteiger partial charge is 0.481 e. The highest BCUT2D eigenvalue weighted by Gasteiger charge is 2.41. The Balaban J connectivity index is 2.16. The van der Waals surface area contributed by atoms with Crippen LogP contribution in [0.25, 0.3) is 0 Å². The molecule has 0 spiro atoms. The van der Waals surface area contributed by atoms with Crippen LogP contribution in [0.15, 0.2) is 12.1 Å². The smallest absolute Gasteiger partial charge is 0.307 e. The first kappa shape index (κ1) is 15.3. The highest BCUT2D eigenvalue weighted by atomic mass is 19.2. The van der Waals surface area contributed by atoms with Gasteiger partial charge >= 0.3 is 5.97 Å². The second kappa shape index (κ2) is 5.75. The zero-order valence-corrected chi connectivity index (χ0v) is 11.2. The minimum atomic E-state index is -1.62. The number of rotatable bonds is 3. The van der Waals surface area contributed by atoms with Gasteiger partial charge in [-0.3, -0.25) is 9.59 Å². The molecular formula is C14H14F3NO3. The van der Waals surface area contributed by atoms with E-state index in [1.165, 1.54) is 0 Å². The van der Waals surface area contributed by atoms with E-state index in [9.17, 15) is 22.8 Å². The van der Waals surface area contributed by atoms with Crippen LogP contribution in [0.5, 0.6) is 0 Å². The summed E-state index contributed by atoms with van der Waals surface area (Å²) in [7, 11) is 0. The summed E-state index contributed by atoms with van der Waals surface area (Å²) < 4.78 is 39.0. The summed E-state index contributed by atoms with van der Waals surface area (Å²) in [6, 6.07) is 1.31. The number of carbonyl (C=O) groups excluding carboxylic acids is 1. The third-order valence-electron chi connectivity index (χ3n) is 3.70. The van der Waals surface area contributed by atoms with Crippen LogP contribution in [0.4, 0.5) is 18.9 Å². The van der Waals surface area contributed by atoms with Crippen LogP contribution >= 0.6 is 0 Å². The number of aliphatic carboxylic acids is 1. The number of carboxylic acids is 1. The van der Waals surface area contributed by atoms with E-state index in [0.29, 0.717) is 25.0 Å². The predicted molar refractivity (Wildman–Crippen MR) is 68.0 cm³/mol. The lowest BCUT2D eigenvalue weighted by molar-refractivity contribution is -0.145. The maximum atomic E-state index is 13.1. The highest BCUT2D eigenvalue weighted by Crippen LogP contribution is 2.37. The van der Waals surface area contributed by atoms with Crippen molar-refractivity contribution >= 4 is 17.6 Å². The number of nitrogens with one attached hydrogen (secondary N) is 1. The monoisotopic (exact) mass is 301 g/mol. The second-order valence-electron chi connectivity index (χ2n) is 5.37. The molecule has 0 radical (unpaired) electrons. The SMILES string of the molecule is CC1CC(C(=O)O)C(C(=O)Nc2cc(F)c(F)c(F)c2)C1. The summed E-state index contributed by atoms with van der Waals surface area (Å²) in [5, 5.41) is 11.3. The van der Waals surface area contributed by atoms with Crippen LogP contribution in [0.3, 0.4) is 0 Å². The van der Waals surface area contributed by atoms with Crippen molar-refractivity contribution in [1.29, 1.82) is 0 Å². The number of carboxylic acid groups (broad SMARTS) is 1. The molecule has 1 aliphatic carbocycles. The van der Waals surface area contributed by atoms with Crippen molar-refractivity contribution in [2.45, 2.75) is 19.8 Å². The first-order chi connectivity index (χ1) is 9.79. The fraction of sp³-hybridized carbons (Fsp3) is 0.429. The molecule has 0 bridgehead atoms. The molecular weight excluding hydrogens is 287 g/mol. The van der Waals surface area contributed by atoms with E-state index >= 15 is 0 Å². The Labute approximate surface area is 119 Å². The molecule has 1 saturated carbocycles. The molecule has 1 aromatic rings. The van der Waals surface area contributed by atoms with E-state index in [4.69, 9.17) is 5.11 Å². The number of benzene rings is 1. The Morgan fingerprint density at radius 2 is 1.67 bits per heavy atom. The van der Waals surface area contributed by atoms with Gasteiger partial charge in [0.25, 0.3) is 0 Å². The third kappa shape index (κ3) is 3.17. The molecule has 1 aliphatic rings. The molecule has 114 valence electrons. The fourth-order valence-electron chi connectivity index (χ4n) is 2.72. The van der Waals surface area contributed by atoms with E-state index < -0.39 is 41.2 Å². The molecule has 2 N–H and O–H groups in total. The van der Waals surface area contributed by atoms with E-state index in [1.807, 2.05) is 6.92 Å². The molecule has 4 nitrogen and oxygen atoms in total. The van der Waals surface area contributed by atoms with Crippen LogP contribution in [0.1, 0.15) is 19.8 Å². The molecule has 0 saturated heterocycles. The topological polar surface area (TPSA) is 66.4 Å². The molecule has 3 unspecified atom stereocenters. The Morgan fingerprint density at radius 3 is 2.19 bits per heavy atom. The Kier molecular flexibility index (Phi) is 4.20. The van der Waals surface area contributed by atoms with Crippen LogP contribution in [0, 0.1) is 35.2 Å². The average molecular weight is 301 g/mol. The fourth-order valence-corrected chi connectivity index (χ4v) is 2.72. The van der Waals surface area contributed by atoms with Gasteiger partial charge in [0.1, 0.15) is 0 Å². The van der Waals surface area contributed by atoms with E-state index in [-0.39, 0.29) is 11.6 Å². The molecule has 7 heteroatoms. The summed E-state index contributed by atoms with van der Waals surface area (Å²) in [5.41, 5.74) is -0.236. The average Bonchev–Trinajstić information content (AvgIpc) is 2.78. The van der Waals surface area contributed by atoms with Gasteiger partial charge in [0.05, 0.1) is 11.8 Å². The lowest BCUT2D eigenvalue weighted by Crippen LogP contribution is -2.30. The first-order valence-electron chi connectivity index (χ1n) is 6.47. The van der Waals surface area contributed by atoms with Gasteiger partial charge in [-0.1, -0.05) is 6.92 Å². The van der Waals surface area contributed by atoms with Gasteiger partial charge in [0.2, 0.25) is 5.91 Å². The van der Waals surface area contributed by atoms with Gasteiger partial charge in [-0.25, -0.2) is 13.2 Å². The van der Waals surface area contributed by atoms with Crippen molar-refractivity contribution in [1.82, 2.24) is 0 Å². The van der Waals surface area contributed by atoms with Crippen molar-refractivity contribution in [2.24, 2.45) is 17.8 Å². The normalized spacial score (nSPS) is 24.9. The summed E-state index contributed by atoms with van der Waals surface area (Å²) in [4.78, 5) is 23.2. The number of anilines is 1. The molecule has 1 fully saturated rings. The molecule has 2 rings (SSSR count). The number of carbonyl (C=O) groups is 2. The number of hydrogen-bond donors (Lipinski definition) is 2. The Hall–Kier alpha value is -2.05. The Morgan fingerprint density at radius 1 is 1.14 bits per heavy atom. The number of hydrogen-bond acceptors (Lipinski definition) is 2. The molecule has 3 atom stereocenters. The van der Waals surface area contributed by atoms with Gasteiger partial charge < -0.3 is 10.4 Å². The van der Waals surface area contributed by atoms with Crippen molar-refractivity contribution in [3.63, 3.8) is 0 Å². The van der Waals surface area contributed by atoms with Gasteiger partial charge in [-0.15, -0.1) is 0 Å². The molecule has 21 heavy (non-hydrogen) atoms. The maximum Gasteiger partial charge on any atom is 0.307 e. The van der Waals surface area contributed by atoms with Crippen molar-refractivity contribution in [2.75, 3.05) is 5.32 Å². The maximum absolute atomic E-state index is 13.1. The minimum absolute atomic E-state index is 0.0727. The third-order valence-corrected chi connectivity index (χ3v) is 3.70. The van der Waals surface area contributed by atoms with Crippen molar-refractivity contribution in [3.8, 4) is 0 Å². The number of halogens is 3. The molecule has 1 amide bonds. The van der Waals surface area contributed by atoms with E-state index in [0.717, 1.165) is 0 Å². The zero-order valence-electron chi connectivity index (χ0n) is 11.2. The summed E-state index contributed by atoms with van der Waals surface area (Å²) in [6.07, 6.45) is 0.758. The van der Waals surface area contributed by atoms with Gasteiger partial charge in [-0.2, -0.15) is 0 Å². The Bertz CT molecular complexity index is 568. The van der Waals surface area contributed by atoms with Crippen LogP contribution in [-0.2, 0) is 9.59 Å². The van der Waals surface area contributed by atoms with Crippen LogP contribution in [-0.4, -0.2) is 17.0 Å². The summed E-state index contributed by atoms with van der Waals surface area (Å²) in [6.45, 7) is 1.83. The summed E-state index contributed by atoms with van der Waals surface area (Å²) in [5.74, 6) is -7.67. The van der Waals surface area contributed by atoms with Crippen molar-refractivity contribution < 1.29 is 27.9 Å². The van der Waals surface area contributed by atoms with Gasteiger partial charge in [0, 0.05) is 17.8 Å². The summed E-state index contributed by atoms with van der Waals surface area (Å²) >= 11 is 0. The van der Waals surface area contributed by atoms with Crippen molar-refractivity contribution in [3.05, 3.63) is 29.6 Å². The lowest BCUT2D eigenvalue weighted by atomic mass is 9.95. The van der Waals surface area contributed by atoms with Crippen LogP contribution in [0.2, 0.25) is 0 Å².